The second-order valence-corrected chi connectivity index (χ2v) is 5.97. The minimum Gasteiger partial charge on any atom is -0.481 e. The van der Waals surface area contributed by atoms with Crippen molar-refractivity contribution in [3.05, 3.63) is 23.0 Å². The molecule has 0 aliphatic carbocycles. The highest BCUT2D eigenvalue weighted by atomic mass is 32.1. The predicted octanol–water partition coefficient (Wildman–Crippen LogP) is 2.54. The van der Waals surface area contributed by atoms with Crippen LogP contribution >= 0.6 is 11.3 Å². The molecule has 2 aromatic heterocycles. The summed E-state index contributed by atoms with van der Waals surface area (Å²) in [7, 11) is 1.87. The molecule has 0 spiro atoms. The van der Waals surface area contributed by atoms with E-state index in [1.54, 1.807) is 23.9 Å². The number of nitrogens with one attached hydrogen (secondary N) is 1. The Morgan fingerprint density at radius 3 is 2.85 bits per heavy atom. The van der Waals surface area contributed by atoms with Crippen molar-refractivity contribution in [1.82, 2.24) is 14.8 Å². The number of nitrogens with zero attached hydrogens (tertiary/aromatic N) is 3. The van der Waals surface area contributed by atoms with E-state index in [4.69, 9.17) is 0 Å². The molecule has 0 fully saturated rings. The van der Waals surface area contributed by atoms with E-state index in [1.165, 1.54) is 11.3 Å². The second-order valence-electron chi connectivity index (χ2n) is 5.11. The van der Waals surface area contributed by atoms with Gasteiger partial charge in [0.2, 0.25) is 0 Å². The fourth-order valence-corrected chi connectivity index (χ4v) is 2.63. The zero-order valence-corrected chi connectivity index (χ0v) is 12.8. The van der Waals surface area contributed by atoms with Crippen molar-refractivity contribution in [2.24, 2.45) is 7.05 Å². The molecule has 0 aromatic carbocycles. The zero-order chi connectivity index (χ0) is 14.9. The van der Waals surface area contributed by atoms with Crippen LogP contribution in [0.3, 0.4) is 0 Å². The standard InChI is InChI=1S/C13H18N4O2S/c1-5-8-9(6-17(4)16-8)14-12-15-10(7-20-12)13(2,3)11(18)19/h6-7H,5H2,1-4H3,(H,14,15)(H,18,19). The van der Waals surface area contributed by atoms with Crippen molar-refractivity contribution in [2.75, 3.05) is 5.32 Å². The SMILES string of the molecule is CCc1nn(C)cc1Nc1nc(C(C)(C)C(=O)O)cs1. The van der Waals surface area contributed by atoms with Crippen LogP contribution in [0.1, 0.15) is 32.2 Å². The summed E-state index contributed by atoms with van der Waals surface area (Å²) in [5.74, 6) is -0.884. The predicted molar refractivity (Wildman–Crippen MR) is 78.6 cm³/mol. The number of carboxylic acids is 1. The fourth-order valence-electron chi connectivity index (χ4n) is 1.74. The monoisotopic (exact) mass is 294 g/mol. The van der Waals surface area contributed by atoms with Gasteiger partial charge in [0.1, 0.15) is 5.41 Å². The maximum atomic E-state index is 11.2. The summed E-state index contributed by atoms with van der Waals surface area (Å²) in [6.07, 6.45) is 2.71. The van der Waals surface area contributed by atoms with Gasteiger partial charge < -0.3 is 10.4 Å². The minimum atomic E-state index is -0.987. The molecular weight excluding hydrogens is 276 g/mol. The van der Waals surface area contributed by atoms with Gasteiger partial charge >= 0.3 is 5.97 Å². The second kappa shape index (κ2) is 5.24. The normalized spacial score (nSPS) is 11.6. The van der Waals surface area contributed by atoms with E-state index in [2.05, 4.69) is 15.4 Å². The van der Waals surface area contributed by atoms with Crippen molar-refractivity contribution < 1.29 is 9.90 Å². The summed E-state index contributed by atoms with van der Waals surface area (Å²) in [5.41, 5.74) is 1.43. The summed E-state index contributed by atoms with van der Waals surface area (Å²) in [6.45, 7) is 5.33. The Kier molecular flexibility index (Phi) is 3.80. The summed E-state index contributed by atoms with van der Waals surface area (Å²) in [5, 5.41) is 19.2. The quantitative estimate of drug-likeness (QED) is 0.886. The number of hydrogen-bond acceptors (Lipinski definition) is 5. The van der Waals surface area contributed by atoms with Gasteiger partial charge in [-0.1, -0.05) is 6.92 Å². The fraction of sp³-hybridized carbons (Fsp3) is 0.462. The summed E-state index contributed by atoms with van der Waals surface area (Å²) in [6, 6.07) is 0. The highest BCUT2D eigenvalue weighted by Gasteiger charge is 2.32. The van der Waals surface area contributed by atoms with Crippen LogP contribution in [0.25, 0.3) is 0 Å². The lowest BCUT2D eigenvalue weighted by Crippen LogP contribution is -2.28. The van der Waals surface area contributed by atoms with Gasteiger partial charge in [0.15, 0.2) is 5.13 Å². The van der Waals surface area contributed by atoms with Crippen LogP contribution in [0.4, 0.5) is 10.8 Å². The summed E-state index contributed by atoms with van der Waals surface area (Å²) >= 11 is 1.39. The first-order valence-electron chi connectivity index (χ1n) is 6.33. The van der Waals surface area contributed by atoms with Gasteiger partial charge in [0.25, 0.3) is 0 Å². The van der Waals surface area contributed by atoms with Crippen LogP contribution in [0.5, 0.6) is 0 Å². The third kappa shape index (κ3) is 2.67. The highest BCUT2D eigenvalue weighted by Crippen LogP contribution is 2.29. The molecule has 2 aromatic rings. The Morgan fingerprint density at radius 1 is 1.55 bits per heavy atom. The number of rotatable bonds is 5. The Balaban J connectivity index is 2.24. The molecule has 0 saturated heterocycles. The Morgan fingerprint density at radius 2 is 2.25 bits per heavy atom. The van der Waals surface area contributed by atoms with Gasteiger partial charge in [-0.05, 0) is 20.3 Å². The van der Waals surface area contributed by atoms with Gasteiger partial charge in [0, 0.05) is 18.6 Å². The van der Waals surface area contributed by atoms with E-state index < -0.39 is 11.4 Å². The van der Waals surface area contributed by atoms with Crippen LogP contribution in [-0.4, -0.2) is 25.8 Å². The number of anilines is 2. The Labute approximate surface area is 121 Å². The Hall–Kier alpha value is -1.89. The first-order chi connectivity index (χ1) is 9.34. The van der Waals surface area contributed by atoms with Gasteiger partial charge in [-0.2, -0.15) is 5.10 Å². The molecule has 6 nitrogen and oxygen atoms in total. The third-order valence-corrected chi connectivity index (χ3v) is 3.92. The van der Waals surface area contributed by atoms with Crippen LogP contribution in [-0.2, 0) is 23.7 Å². The lowest BCUT2D eigenvalue weighted by molar-refractivity contribution is -0.142. The maximum absolute atomic E-state index is 11.2. The molecule has 0 aliphatic rings. The van der Waals surface area contributed by atoms with E-state index in [0.29, 0.717) is 10.8 Å². The topological polar surface area (TPSA) is 80.0 Å². The molecule has 0 radical (unpaired) electrons. The molecule has 0 bridgehead atoms. The molecule has 0 aliphatic heterocycles. The first-order valence-corrected chi connectivity index (χ1v) is 7.21. The number of aryl methyl sites for hydroxylation is 2. The number of carbonyl (C=O) groups is 1. The molecule has 20 heavy (non-hydrogen) atoms. The van der Waals surface area contributed by atoms with Crippen molar-refractivity contribution in [3.8, 4) is 0 Å². The van der Waals surface area contributed by atoms with Crippen LogP contribution in [0.2, 0.25) is 0 Å². The van der Waals surface area contributed by atoms with E-state index in [0.717, 1.165) is 17.8 Å². The number of aliphatic carboxylic acids is 1. The van der Waals surface area contributed by atoms with Crippen LogP contribution in [0.15, 0.2) is 11.6 Å². The number of thiazole rings is 1. The molecule has 0 atom stereocenters. The molecule has 108 valence electrons. The molecular formula is C13H18N4O2S. The highest BCUT2D eigenvalue weighted by molar-refractivity contribution is 7.13. The average molecular weight is 294 g/mol. The molecule has 2 N–H and O–H groups in total. The number of aromatic nitrogens is 3. The molecule has 7 heteroatoms. The molecule has 0 saturated carbocycles. The largest absolute Gasteiger partial charge is 0.481 e. The van der Waals surface area contributed by atoms with Gasteiger partial charge in [-0.25, -0.2) is 4.98 Å². The van der Waals surface area contributed by atoms with Crippen molar-refractivity contribution in [3.63, 3.8) is 0 Å². The molecule has 0 unspecified atom stereocenters. The third-order valence-electron chi connectivity index (χ3n) is 3.16. The minimum absolute atomic E-state index is 0.555. The van der Waals surface area contributed by atoms with Crippen molar-refractivity contribution >= 4 is 28.1 Å². The van der Waals surface area contributed by atoms with Crippen LogP contribution in [0, 0.1) is 0 Å². The van der Waals surface area contributed by atoms with E-state index >= 15 is 0 Å². The van der Waals surface area contributed by atoms with Crippen LogP contribution < -0.4 is 5.32 Å². The number of hydrogen-bond donors (Lipinski definition) is 2. The molecule has 2 rings (SSSR count). The smallest absolute Gasteiger partial charge is 0.315 e. The number of carboxylic acid groups (broad SMARTS) is 1. The summed E-state index contributed by atoms with van der Waals surface area (Å²) in [4.78, 5) is 15.6. The molecule has 2 heterocycles. The molecule has 0 amide bonds. The zero-order valence-electron chi connectivity index (χ0n) is 12.0. The lowest BCUT2D eigenvalue weighted by Gasteiger charge is -2.15. The maximum Gasteiger partial charge on any atom is 0.315 e. The summed E-state index contributed by atoms with van der Waals surface area (Å²) < 4.78 is 1.75. The Bertz CT molecular complexity index is 630. The van der Waals surface area contributed by atoms with Crippen molar-refractivity contribution in [2.45, 2.75) is 32.6 Å². The first kappa shape index (κ1) is 14.5. The van der Waals surface area contributed by atoms with E-state index in [-0.39, 0.29) is 0 Å². The van der Waals surface area contributed by atoms with Gasteiger partial charge in [-0.3, -0.25) is 9.48 Å². The van der Waals surface area contributed by atoms with E-state index in [1.807, 2.05) is 20.2 Å². The van der Waals surface area contributed by atoms with Gasteiger partial charge in [-0.15, -0.1) is 11.3 Å². The average Bonchev–Trinajstić information content (AvgIpc) is 2.96. The van der Waals surface area contributed by atoms with Crippen molar-refractivity contribution in [1.29, 1.82) is 0 Å². The lowest BCUT2D eigenvalue weighted by atomic mass is 9.90. The van der Waals surface area contributed by atoms with E-state index in [9.17, 15) is 9.90 Å². The van der Waals surface area contributed by atoms with Gasteiger partial charge in [0.05, 0.1) is 17.1 Å².